The van der Waals surface area contributed by atoms with Crippen LogP contribution in [0.1, 0.15) is 0 Å². The molecule has 0 atom stereocenters. The van der Waals surface area contributed by atoms with E-state index in [1.54, 1.807) is 24.3 Å². The second kappa shape index (κ2) is 7.68. The van der Waals surface area contributed by atoms with Crippen molar-refractivity contribution < 1.29 is 4.79 Å². The first-order chi connectivity index (χ1) is 11.0. The van der Waals surface area contributed by atoms with Gasteiger partial charge in [-0.25, -0.2) is 0 Å². The van der Waals surface area contributed by atoms with Gasteiger partial charge < -0.3 is 10.6 Å². The molecule has 0 bridgehead atoms. The van der Waals surface area contributed by atoms with Gasteiger partial charge in [0.05, 0.1) is 30.7 Å². The Balaban J connectivity index is 2.18. The van der Waals surface area contributed by atoms with Crippen molar-refractivity contribution in [2.24, 2.45) is 0 Å². The predicted molar refractivity (Wildman–Crippen MR) is 90.2 cm³/mol. The summed E-state index contributed by atoms with van der Waals surface area (Å²) in [5, 5.41) is 9.73. The molecule has 8 heteroatoms. The molecule has 0 radical (unpaired) electrons. The number of nitrogens with zero attached hydrogens (tertiary/aromatic N) is 2. The van der Waals surface area contributed by atoms with Crippen molar-refractivity contribution in [1.29, 1.82) is 0 Å². The van der Waals surface area contributed by atoms with Crippen LogP contribution < -0.4 is 16.2 Å². The second-order valence-corrected chi connectivity index (χ2v) is 5.21. The highest BCUT2D eigenvalue weighted by atomic mass is 35.5. The lowest BCUT2D eigenvalue weighted by Crippen LogP contribution is -2.31. The monoisotopic (exact) mass is 350 g/mol. The third-order valence-corrected chi connectivity index (χ3v) is 3.43. The van der Waals surface area contributed by atoms with Crippen molar-refractivity contribution in [3.05, 3.63) is 50.9 Å². The number of carbonyl (C=O) groups is 1. The molecule has 1 heterocycles. The number of rotatable bonds is 5. The van der Waals surface area contributed by atoms with Crippen LogP contribution in [-0.4, -0.2) is 28.8 Å². The summed E-state index contributed by atoms with van der Waals surface area (Å²) in [4.78, 5) is 23.7. The van der Waals surface area contributed by atoms with Crippen molar-refractivity contribution in [3.63, 3.8) is 0 Å². The molecule has 0 fully saturated rings. The molecule has 0 unspecified atom stereocenters. The van der Waals surface area contributed by atoms with Crippen molar-refractivity contribution in [1.82, 2.24) is 15.1 Å². The average molecular weight is 351 g/mol. The Kier molecular flexibility index (Phi) is 5.63. The van der Waals surface area contributed by atoms with Crippen LogP contribution in [0.2, 0.25) is 10.0 Å². The number of hydrogen-bond acceptors (Lipinski definition) is 4. The Morgan fingerprint density at radius 1 is 1.30 bits per heavy atom. The van der Waals surface area contributed by atoms with Gasteiger partial charge in [0.2, 0.25) is 5.91 Å². The zero-order valence-corrected chi connectivity index (χ0v) is 13.4. The number of anilines is 1. The third kappa shape index (κ3) is 4.25. The number of halogens is 2. The molecule has 1 amide bonds. The summed E-state index contributed by atoms with van der Waals surface area (Å²) in [5.74, 6) is 1.97. The fourth-order valence-corrected chi connectivity index (χ4v) is 2.03. The minimum absolute atomic E-state index is 0.0697. The fraction of sp³-hybridized carbons (Fsp3) is 0.133. The van der Waals surface area contributed by atoms with Gasteiger partial charge in [-0.2, -0.15) is 9.78 Å². The van der Waals surface area contributed by atoms with E-state index in [4.69, 9.17) is 29.6 Å². The average Bonchev–Trinajstić information content (AvgIpc) is 2.55. The van der Waals surface area contributed by atoms with Gasteiger partial charge in [-0.15, -0.1) is 6.42 Å². The zero-order chi connectivity index (χ0) is 16.8. The van der Waals surface area contributed by atoms with Gasteiger partial charge in [-0.05, 0) is 24.3 Å². The Bertz CT molecular complexity index is 810. The van der Waals surface area contributed by atoms with Gasteiger partial charge >= 0.3 is 0 Å². The van der Waals surface area contributed by atoms with Crippen molar-refractivity contribution >= 4 is 34.8 Å². The first-order valence-electron chi connectivity index (χ1n) is 6.50. The molecule has 23 heavy (non-hydrogen) atoms. The molecule has 118 valence electrons. The second-order valence-electron chi connectivity index (χ2n) is 4.40. The smallest absolute Gasteiger partial charge is 0.292 e. The van der Waals surface area contributed by atoms with E-state index in [0.717, 1.165) is 4.68 Å². The normalized spacial score (nSPS) is 9.96. The molecule has 2 N–H and O–H groups in total. The van der Waals surface area contributed by atoms with Crippen molar-refractivity contribution in [2.45, 2.75) is 0 Å². The summed E-state index contributed by atoms with van der Waals surface area (Å²) >= 11 is 11.8. The maximum Gasteiger partial charge on any atom is 0.292 e. The van der Waals surface area contributed by atoms with Gasteiger partial charge in [-0.3, -0.25) is 9.59 Å². The van der Waals surface area contributed by atoms with E-state index in [-0.39, 0.29) is 29.7 Å². The van der Waals surface area contributed by atoms with E-state index in [1.807, 2.05) is 0 Å². The van der Waals surface area contributed by atoms with Crippen LogP contribution >= 0.6 is 23.2 Å². The number of amides is 1. The van der Waals surface area contributed by atoms with E-state index in [0.29, 0.717) is 10.7 Å². The van der Waals surface area contributed by atoms with Gasteiger partial charge in [0, 0.05) is 5.02 Å². The van der Waals surface area contributed by atoms with E-state index < -0.39 is 5.56 Å². The standard InChI is InChI=1S/C15H12Cl2N4O2/c1-2-7-18-13(22)9-19-12-8-20-21(15(23)14(12)17)11-5-3-10(16)4-6-11/h1,3-6,8,19H,7,9H2,(H,18,22). The van der Waals surface area contributed by atoms with Crippen LogP contribution in [0.25, 0.3) is 5.69 Å². The molecule has 0 aliphatic heterocycles. The molecule has 1 aromatic heterocycles. The molecule has 6 nitrogen and oxygen atoms in total. The SMILES string of the molecule is C#CCNC(=O)CNc1cnn(-c2ccc(Cl)cc2)c(=O)c1Cl. The highest BCUT2D eigenvalue weighted by molar-refractivity contribution is 6.33. The zero-order valence-electron chi connectivity index (χ0n) is 11.8. The van der Waals surface area contributed by atoms with E-state index in [2.05, 4.69) is 21.7 Å². The summed E-state index contributed by atoms with van der Waals surface area (Å²) in [5.41, 5.74) is 0.278. The maximum absolute atomic E-state index is 12.3. The largest absolute Gasteiger partial charge is 0.373 e. The van der Waals surface area contributed by atoms with Crippen LogP contribution in [0.3, 0.4) is 0 Å². The number of aromatic nitrogens is 2. The fourth-order valence-electron chi connectivity index (χ4n) is 1.71. The number of benzene rings is 1. The molecular weight excluding hydrogens is 339 g/mol. The molecule has 0 spiro atoms. The lowest BCUT2D eigenvalue weighted by Gasteiger charge is -2.10. The predicted octanol–water partition coefficient (Wildman–Crippen LogP) is 1.70. The number of carbonyl (C=O) groups excluding carboxylic acids is 1. The Morgan fingerprint density at radius 2 is 2.00 bits per heavy atom. The lowest BCUT2D eigenvalue weighted by molar-refractivity contribution is -0.119. The Hall–Kier alpha value is -2.49. The molecule has 2 rings (SSSR count). The highest BCUT2D eigenvalue weighted by Gasteiger charge is 2.11. The molecule has 2 aromatic rings. The summed E-state index contributed by atoms with van der Waals surface area (Å²) in [6.07, 6.45) is 6.41. The van der Waals surface area contributed by atoms with Gasteiger partial charge in [0.1, 0.15) is 5.02 Å². The number of nitrogens with one attached hydrogen (secondary N) is 2. The topological polar surface area (TPSA) is 76.0 Å². The van der Waals surface area contributed by atoms with Crippen LogP contribution in [0.5, 0.6) is 0 Å². The third-order valence-electron chi connectivity index (χ3n) is 2.82. The van der Waals surface area contributed by atoms with Crippen molar-refractivity contribution in [3.8, 4) is 18.0 Å². The van der Waals surface area contributed by atoms with E-state index in [1.165, 1.54) is 6.20 Å². The highest BCUT2D eigenvalue weighted by Crippen LogP contribution is 2.17. The van der Waals surface area contributed by atoms with Gasteiger partial charge in [0.25, 0.3) is 5.56 Å². The Morgan fingerprint density at radius 3 is 2.65 bits per heavy atom. The molecule has 0 saturated carbocycles. The quantitative estimate of drug-likeness (QED) is 0.804. The first kappa shape index (κ1) is 16.9. The minimum Gasteiger partial charge on any atom is -0.373 e. The van der Waals surface area contributed by atoms with Gasteiger partial charge in [-0.1, -0.05) is 29.1 Å². The minimum atomic E-state index is -0.511. The first-order valence-corrected chi connectivity index (χ1v) is 7.26. The maximum atomic E-state index is 12.3. The number of hydrogen-bond donors (Lipinski definition) is 2. The molecule has 1 aromatic carbocycles. The molecule has 0 aliphatic carbocycles. The number of terminal acetylenes is 1. The summed E-state index contributed by atoms with van der Waals surface area (Å²) in [6, 6.07) is 6.57. The van der Waals surface area contributed by atoms with Crippen LogP contribution in [0.4, 0.5) is 5.69 Å². The van der Waals surface area contributed by atoms with Crippen LogP contribution in [0, 0.1) is 12.3 Å². The van der Waals surface area contributed by atoms with Gasteiger partial charge in [0.15, 0.2) is 0 Å². The summed E-state index contributed by atoms with van der Waals surface area (Å²) in [6.45, 7) is 0.0537. The summed E-state index contributed by atoms with van der Waals surface area (Å²) < 4.78 is 1.14. The van der Waals surface area contributed by atoms with Crippen molar-refractivity contribution in [2.75, 3.05) is 18.4 Å². The van der Waals surface area contributed by atoms with E-state index in [9.17, 15) is 9.59 Å². The van der Waals surface area contributed by atoms with Crippen LogP contribution in [-0.2, 0) is 4.79 Å². The lowest BCUT2D eigenvalue weighted by atomic mass is 10.3. The summed E-state index contributed by atoms with van der Waals surface area (Å²) in [7, 11) is 0. The van der Waals surface area contributed by atoms with E-state index >= 15 is 0 Å². The molecular formula is C15H12Cl2N4O2. The molecule has 0 saturated heterocycles. The Labute approximate surface area is 142 Å². The molecule has 0 aliphatic rings. The van der Waals surface area contributed by atoms with Crippen LogP contribution in [0.15, 0.2) is 35.3 Å².